The van der Waals surface area contributed by atoms with Crippen LogP contribution in [-0.4, -0.2) is 49.5 Å². The van der Waals surface area contributed by atoms with E-state index < -0.39 is 15.7 Å². The molecule has 0 N–H and O–H groups in total. The molecule has 10 heteroatoms. The maximum Gasteiger partial charge on any atom is 0.324 e. The van der Waals surface area contributed by atoms with Crippen molar-refractivity contribution in [2.45, 2.75) is 37.5 Å². The molecule has 1 saturated heterocycles. The second-order valence-corrected chi connectivity index (χ2v) is 10.6. The van der Waals surface area contributed by atoms with Gasteiger partial charge in [-0.3, -0.25) is 4.98 Å². The van der Waals surface area contributed by atoms with Crippen LogP contribution in [0.3, 0.4) is 0 Å². The van der Waals surface area contributed by atoms with Gasteiger partial charge in [0.25, 0.3) is 0 Å². The summed E-state index contributed by atoms with van der Waals surface area (Å²) < 4.78 is 48.8. The van der Waals surface area contributed by atoms with E-state index in [-0.39, 0.29) is 16.4 Å². The number of ether oxygens (including phenoxy) is 1. The first-order valence-corrected chi connectivity index (χ1v) is 12.8. The predicted octanol–water partition coefficient (Wildman–Crippen LogP) is 4.09. The Hall–Kier alpha value is -3.01. The van der Waals surface area contributed by atoms with E-state index in [2.05, 4.69) is 20.0 Å². The molecule has 3 heterocycles. The van der Waals surface area contributed by atoms with Crippen molar-refractivity contribution in [3.63, 3.8) is 0 Å². The van der Waals surface area contributed by atoms with Gasteiger partial charge in [-0.2, -0.15) is 4.98 Å². The number of pyridine rings is 1. The molecule has 0 spiro atoms. The molecule has 0 unspecified atom stereocenters. The zero-order valence-corrected chi connectivity index (χ0v) is 19.7. The highest BCUT2D eigenvalue weighted by Crippen LogP contribution is 2.27. The van der Waals surface area contributed by atoms with Crippen LogP contribution in [0.1, 0.15) is 38.4 Å². The van der Waals surface area contributed by atoms with Crippen molar-refractivity contribution >= 4 is 15.9 Å². The van der Waals surface area contributed by atoms with Gasteiger partial charge in [-0.1, -0.05) is 19.0 Å². The van der Waals surface area contributed by atoms with Crippen molar-refractivity contribution in [3.8, 4) is 17.0 Å². The van der Waals surface area contributed by atoms with Crippen molar-refractivity contribution in [2.24, 2.45) is 5.92 Å². The second-order valence-electron chi connectivity index (χ2n) is 8.62. The number of halogens is 1. The lowest BCUT2D eigenvalue weighted by Crippen LogP contribution is -2.35. The smallest absolute Gasteiger partial charge is 0.324 e. The third-order valence-corrected chi connectivity index (χ3v) is 6.81. The average Bonchev–Trinajstić information content (AvgIpc) is 3.29. The molecule has 0 radical (unpaired) electrons. The average molecular weight is 475 g/mol. The highest BCUT2D eigenvalue weighted by Gasteiger charge is 2.24. The van der Waals surface area contributed by atoms with Crippen molar-refractivity contribution in [2.75, 3.05) is 30.9 Å². The first kappa shape index (κ1) is 23.2. The Bertz CT molecular complexity index is 1200. The molecule has 0 atom stereocenters. The molecule has 3 aromatic rings. The fourth-order valence-corrected chi connectivity index (χ4v) is 4.29. The number of benzene rings is 1. The summed E-state index contributed by atoms with van der Waals surface area (Å²) in [5.74, 6) is 1.32. The van der Waals surface area contributed by atoms with E-state index in [0.29, 0.717) is 30.0 Å². The number of nitrogens with zero attached hydrogens (tertiary/aromatic N) is 4. The summed E-state index contributed by atoms with van der Waals surface area (Å²) in [6.07, 6.45) is 4.50. The molecule has 0 amide bonds. The minimum Gasteiger partial charge on any atom is -0.492 e. The lowest BCUT2D eigenvalue weighted by atomic mass is 9.98. The molecular formula is C23H27FN4O4S. The quantitative estimate of drug-likeness (QED) is 0.505. The summed E-state index contributed by atoms with van der Waals surface area (Å²) in [5.41, 5.74) is 0.650. The molecule has 1 aromatic carbocycles. The lowest BCUT2D eigenvalue weighted by Gasteiger charge is -2.30. The summed E-state index contributed by atoms with van der Waals surface area (Å²) in [6.45, 7) is 6.28. The summed E-state index contributed by atoms with van der Waals surface area (Å²) in [5, 5.41) is 4.03. The Balaban J connectivity index is 1.30. The van der Waals surface area contributed by atoms with Crippen LogP contribution in [0.15, 0.2) is 45.9 Å². The van der Waals surface area contributed by atoms with E-state index in [1.54, 1.807) is 18.3 Å². The first-order chi connectivity index (χ1) is 15.7. The molecular weight excluding hydrogens is 447 g/mol. The Morgan fingerprint density at radius 2 is 1.97 bits per heavy atom. The van der Waals surface area contributed by atoms with Gasteiger partial charge in [0.05, 0.1) is 23.4 Å². The highest BCUT2D eigenvalue weighted by molar-refractivity contribution is 7.90. The van der Waals surface area contributed by atoms with E-state index in [9.17, 15) is 12.8 Å². The molecule has 1 aliphatic rings. The summed E-state index contributed by atoms with van der Waals surface area (Å²) in [7, 11) is -3.47. The monoisotopic (exact) mass is 474 g/mol. The number of hydrogen-bond acceptors (Lipinski definition) is 8. The first-order valence-electron chi connectivity index (χ1n) is 10.9. The van der Waals surface area contributed by atoms with Crippen LogP contribution in [0.25, 0.3) is 11.3 Å². The topological polar surface area (TPSA) is 98.4 Å². The maximum absolute atomic E-state index is 14.4. The second kappa shape index (κ2) is 9.46. The SMILES string of the molecule is CC(C)c1noc(N2CCC(COc3ccc(-c4ccc(S(C)(=O)=O)cc4F)nc3)CC2)n1. The van der Waals surface area contributed by atoms with E-state index >= 15 is 0 Å². The van der Waals surface area contributed by atoms with Gasteiger partial charge < -0.3 is 14.2 Å². The number of sulfone groups is 1. The van der Waals surface area contributed by atoms with E-state index in [0.717, 1.165) is 44.1 Å². The van der Waals surface area contributed by atoms with Gasteiger partial charge in [0.2, 0.25) is 0 Å². The predicted molar refractivity (Wildman–Crippen MR) is 122 cm³/mol. The standard InChI is InChI=1S/C23H27FN4O4S/c1-15(2)22-26-23(32-27-22)28-10-8-16(9-11-28)14-31-17-4-7-21(25-13-17)19-6-5-18(12-20(19)24)33(3,29)30/h4-7,12-13,15-16H,8-11,14H2,1-3H3. The Morgan fingerprint density at radius 1 is 1.21 bits per heavy atom. The third kappa shape index (κ3) is 5.50. The van der Waals surface area contributed by atoms with Crippen molar-refractivity contribution in [1.29, 1.82) is 0 Å². The maximum atomic E-state index is 14.4. The van der Waals surface area contributed by atoms with Gasteiger partial charge in [-0.05, 0) is 49.1 Å². The van der Waals surface area contributed by atoms with Crippen LogP contribution in [0.5, 0.6) is 5.75 Å². The molecule has 176 valence electrons. The van der Waals surface area contributed by atoms with E-state index in [1.807, 2.05) is 13.8 Å². The summed E-state index contributed by atoms with van der Waals surface area (Å²) in [6, 6.07) is 7.81. The highest BCUT2D eigenvalue weighted by atomic mass is 32.2. The van der Waals surface area contributed by atoms with Crippen LogP contribution < -0.4 is 9.64 Å². The zero-order valence-electron chi connectivity index (χ0n) is 18.9. The molecule has 4 rings (SSSR count). The fraction of sp³-hybridized carbons (Fsp3) is 0.435. The number of piperidine rings is 1. The molecule has 33 heavy (non-hydrogen) atoms. The molecule has 0 bridgehead atoms. The summed E-state index contributed by atoms with van der Waals surface area (Å²) >= 11 is 0. The number of hydrogen-bond donors (Lipinski definition) is 0. The lowest BCUT2D eigenvalue weighted by molar-refractivity contribution is 0.219. The Labute approximate surface area is 192 Å². The minimum atomic E-state index is -3.47. The van der Waals surface area contributed by atoms with Gasteiger partial charge in [0, 0.05) is 30.8 Å². The van der Waals surface area contributed by atoms with Crippen LogP contribution in [0.4, 0.5) is 10.4 Å². The van der Waals surface area contributed by atoms with Crippen LogP contribution in [-0.2, 0) is 9.84 Å². The largest absolute Gasteiger partial charge is 0.492 e. The number of anilines is 1. The van der Waals surface area contributed by atoms with Gasteiger partial charge in [0.15, 0.2) is 15.7 Å². The van der Waals surface area contributed by atoms with Crippen molar-refractivity contribution in [3.05, 3.63) is 48.2 Å². The van der Waals surface area contributed by atoms with Gasteiger partial charge in [-0.25, -0.2) is 12.8 Å². The minimum absolute atomic E-state index is 0.0609. The Kier molecular flexibility index (Phi) is 6.64. The fourth-order valence-electron chi connectivity index (χ4n) is 3.65. The molecule has 8 nitrogen and oxygen atoms in total. The molecule has 0 aliphatic carbocycles. The van der Waals surface area contributed by atoms with Gasteiger partial charge >= 0.3 is 6.01 Å². The van der Waals surface area contributed by atoms with Crippen molar-refractivity contribution in [1.82, 2.24) is 15.1 Å². The van der Waals surface area contributed by atoms with Crippen LogP contribution >= 0.6 is 0 Å². The van der Waals surface area contributed by atoms with Gasteiger partial charge in [0.1, 0.15) is 11.6 Å². The molecule has 1 aliphatic heterocycles. The Morgan fingerprint density at radius 3 is 2.55 bits per heavy atom. The van der Waals surface area contributed by atoms with Gasteiger partial charge in [-0.15, -0.1) is 0 Å². The van der Waals surface area contributed by atoms with Crippen LogP contribution in [0.2, 0.25) is 0 Å². The molecule has 2 aromatic heterocycles. The molecule has 0 saturated carbocycles. The number of aromatic nitrogens is 3. The van der Waals surface area contributed by atoms with E-state index in [1.165, 1.54) is 12.1 Å². The summed E-state index contributed by atoms with van der Waals surface area (Å²) in [4.78, 5) is 10.8. The van der Waals surface area contributed by atoms with Crippen LogP contribution in [0, 0.1) is 11.7 Å². The van der Waals surface area contributed by atoms with Crippen molar-refractivity contribution < 1.29 is 22.1 Å². The number of rotatable bonds is 7. The zero-order chi connectivity index (χ0) is 23.6. The normalized spacial score (nSPS) is 15.2. The van der Waals surface area contributed by atoms with E-state index in [4.69, 9.17) is 9.26 Å². The molecule has 1 fully saturated rings. The third-order valence-electron chi connectivity index (χ3n) is 5.70.